The third-order valence-corrected chi connectivity index (χ3v) is 6.33. The lowest BCUT2D eigenvalue weighted by Gasteiger charge is -2.11. The Balaban J connectivity index is 1.45. The maximum Gasteiger partial charge on any atom is 0.262 e. The van der Waals surface area contributed by atoms with Gasteiger partial charge in [0.05, 0.1) is 10.7 Å². The summed E-state index contributed by atoms with van der Waals surface area (Å²) in [5.74, 6) is 1.71. The number of fused-ring (bicyclic) bond motifs is 1. The monoisotopic (exact) mass is 476 g/mol. The second kappa shape index (κ2) is 10.3. The van der Waals surface area contributed by atoms with Crippen molar-refractivity contribution in [2.45, 2.75) is 46.0 Å². The number of anilines is 1. The highest BCUT2D eigenvalue weighted by atomic mass is 35.5. The number of nitrogens with zero attached hydrogens (tertiary/aromatic N) is 1. The van der Waals surface area contributed by atoms with Crippen LogP contribution < -0.4 is 10.1 Å². The molecule has 1 amide bonds. The van der Waals surface area contributed by atoms with Crippen molar-refractivity contribution in [2.24, 2.45) is 0 Å². The molecule has 1 aromatic heterocycles. The SMILES string of the molecule is CC[C@H](C)c1ccc(OCC(=O)Nc2cc(-c3nc4cc(C(C)C)ccc4o3)ccc2Cl)cc1. The summed E-state index contributed by atoms with van der Waals surface area (Å²) in [6, 6.07) is 19.2. The van der Waals surface area contributed by atoms with Crippen LogP contribution in [0.5, 0.6) is 5.75 Å². The Hall–Kier alpha value is -3.31. The van der Waals surface area contributed by atoms with Crippen molar-refractivity contribution in [1.29, 1.82) is 0 Å². The summed E-state index contributed by atoms with van der Waals surface area (Å²) in [5, 5.41) is 3.25. The molecule has 1 atom stereocenters. The number of carbonyl (C=O) groups excluding carboxylic acids is 1. The lowest BCUT2D eigenvalue weighted by Crippen LogP contribution is -2.20. The van der Waals surface area contributed by atoms with Crippen molar-refractivity contribution >= 4 is 34.3 Å². The molecule has 0 saturated carbocycles. The zero-order valence-electron chi connectivity index (χ0n) is 19.9. The van der Waals surface area contributed by atoms with E-state index in [4.69, 9.17) is 20.8 Å². The average molecular weight is 477 g/mol. The zero-order chi connectivity index (χ0) is 24.2. The summed E-state index contributed by atoms with van der Waals surface area (Å²) in [5.41, 5.74) is 5.17. The summed E-state index contributed by atoms with van der Waals surface area (Å²) in [4.78, 5) is 17.1. The molecule has 4 aromatic rings. The van der Waals surface area contributed by atoms with Crippen molar-refractivity contribution in [1.82, 2.24) is 4.98 Å². The summed E-state index contributed by atoms with van der Waals surface area (Å²) < 4.78 is 11.6. The molecular formula is C28H29ClN2O3. The largest absolute Gasteiger partial charge is 0.484 e. The van der Waals surface area contributed by atoms with Gasteiger partial charge in [-0.1, -0.05) is 57.5 Å². The van der Waals surface area contributed by atoms with Crippen LogP contribution >= 0.6 is 11.6 Å². The molecule has 5 nitrogen and oxygen atoms in total. The predicted octanol–water partition coefficient (Wildman–Crippen LogP) is 7.80. The Morgan fingerprint density at radius 2 is 1.76 bits per heavy atom. The summed E-state index contributed by atoms with van der Waals surface area (Å²) >= 11 is 6.33. The highest BCUT2D eigenvalue weighted by molar-refractivity contribution is 6.33. The number of oxazole rings is 1. The number of amides is 1. The van der Waals surface area contributed by atoms with Crippen molar-refractivity contribution < 1.29 is 13.9 Å². The molecule has 176 valence electrons. The molecule has 0 spiro atoms. The molecule has 0 unspecified atom stereocenters. The van der Waals surface area contributed by atoms with Crippen LogP contribution in [0.1, 0.15) is 57.1 Å². The number of benzene rings is 3. The number of nitrogens with one attached hydrogen (secondary N) is 1. The van der Waals surface area contributed by atoms with Gasteiger partial charge in [-0.25, -0.2) is 4.98 Å². The quantitative estimate of drug-likeness (QED) is 0.281. The molecule has 0 saturated heterocycles. The number of rotatable bonds is 8. The lowest BCUT2D eigenvalue weighted by atomic mass is 9.99. The van der Waals surface area contributed by atoms with Crippen molar-refractivity contribution in [2.75, 3.05) is 11.9 Å². The summed E-state index contributed by atoms with van der Waals surface area (Å²) in [7, 11) is 0. The summed E-state index contributed by atoms with van der Waals surface area (Å²) in [6.45, 7) is 8.51. The van der Waals surface area contributed by atoms with Gasteiger partial charge in [0.2, 0.25) is 5.89 Å². The first-order valence-corrected chi connectivity index (χ1v) is 11.9. The number of ether oxygens (including phenoxy) is 1. The Kier molecular flexibility index (Phi) is 7.23. The number of carbonyl (C=O) groups is 1. The molecular weight excluding hydrogens is 448 g/mol. The van der Waals surface area contributed by atoms with E-state index in [0.717, 1.165) is 17.5 Å². The van der Waals surface area contributed by atoms with Crippen molar-refractivity contribution in [3.8, 4) is 17.2 Å². The van der Waals surface area contributed by atoms with Crippen LogP contribution in [0.3, 0.4) is 0 Å². The number of aromatic nitrogens is 1. The van der Waals surface area contributed by atoms with Gasteiger partial charge in [-0.2, -0.15) is 0 Å². The first-order chi connectivity index (χ1) is 16.3. The Bertz CT molecular complexity index is 1300. The van der Waals surface area contributed by atoms with E-state index >= 15 is 0 Å². The molecule has 34 heavy (non-hydrogen) atoms. The van der Waals surface area contributed by atoms with Gasteiger partial charge in [0.15, 0.2) is 12.2 Å². The van der Waals surface area contributed by atoms with Gasteiger partial charge in [-0.15, -0.1) is 0 Å². The minimum atomic E-state index is -0.302. The third kappa shape index (κ3) is 5.42. The number of halogens is 1. The highest BCUT2D eigenvalue weighted by Crippen LogP contribution is 2.31. The van der Waals surface area contributed by atoms with E-state index in [2.05, 4.69) is 38.0 Å². The standard InChI is InChI=1S/C28H29ClN2O3/c1-5-18(4)19-6-10-22(11-7-19)33-16-27(32)30-24-15-21(8-12-23(24)29)28-31-25-14-20(17(2)3)9-13-26(25)34-28/h6-15,17-18H,5,16H2,1-4H3,(H,30,32)/t18-/m0/s1. The van der Waals surface area contributed by atoms with Crippen molar-refractivity contribution in [3.05, 3.63) is 76.8 Å². The van der Waals surface area contributed by atoms with Crippen LogP contribution in [0.25, 0.3) is 22.6 Å². The van der Waals surface area contributed by atoms with Gasteiger partial charge in [-0.05, 0) is 71.8 Å². The minimum Gasteiger partial charge on any atom is -0.484 e. The first kappa shape index (κ1) is 23.8. The smallest absolute Gasteiger partial charge is 0.262 e. The van der Waals surface area contributed by atoms with Crippen LogP contribution in [-0.2, 0) is 4.79 Å². The molecule has 4 rings (SSSR count). The third-order valence-electron chi connectivity index (χ3n) is 6.00. The van der Waals surface area contributed by atoms with Gasteiger partial charge >= 0.3 is 0 Å². The lowest BCUT2D eigenvalue weighted by molar-refractivity contribution is -0.118. The molecule has 0 aliphatic carbocycles. The van der Waals surface area contributed by atoms with Gasteiger partial charge in [0.1, 0.15) is 11.3 Å². The Morgan fingerprint density at radius 1 is 1.03 bits per heavy atom. The highest BCUT2D eigenvalue weighted by Gasteiger charge is 2.14. The van der Waals surface area contributed by atoms with Gasteiger partial charge in [-0.3, -0.25) is 4.79 Å². The first-order valence-electron chi connectivity index (χ1n) is 11.6. The molecule has 0 bridgehead atoms. The fourth-order valence-corrected chi connectivity index (χ4v) is 3.81. The van der Waals surface area contributed by atoms with Crippen LogP contribution in [0, 0.1) is 0 Å². The second-order valence-electron chi connectivity index (χ2n) is 8.81. The molecule has 0 aliphatic rings. The fraction of sp³-hybridized carbons (Fsp3) is 0.286. The minimum absolute atomic E-state index is 0.121. The molecule has 1 N–H and O–H groups in total. The maximum absolute atomic E-state index is 12.5. The van der Waals surface area contributed by atoms with E-state index in [1.54, 1.807) is 12.1 Å². The molecule has 6 heteroatoms. The maximum atomic E-state index is 12.5. The van der Waals surface area contributed by atoms with Gasteiger partial charge in [0, 0.05) is 5.56 Å². The van der Waals surface area contributed by atoms with Crippen LogP contribution in [0.4, 0.5) is 5.69 Å². The van der Waals surface area contributed by atoms with E-state index in [1.165, 1.54) is 11.1 Å². The predicted molar refractivity (Wildman–Crippen MR) is 138 cm³/mol. The molecule has 0 radical (unpaired) electrons. The summed E-state index contributed by atoms with van der Waals surface area (Å²) in [6.07, 6.45) is 1.07. The Morgan fingerprint density at radius 3 is 2.47 bits per heavy atom. The van der Waals surface area contributed by atoms with Crippen LogP contribution in [-0.4, -0.2) is 17.5 Å². The van der Waals surface area contributed by atoms with Crippen molar-refractivity contribution in [3.63, 3.8) is 0 Å². The number of hydrogen-bond donors (Lipinski definition) is 1. The number of hydrogen-bond acceptors (Lipinski definition) is 4. The Labute approximate surface area is 205 Å². The topological polar surface area (TPSA) is 64.4 Å². The molecule has 3 aromatic carbocycles. The van der Waals surface area contributed by atoms with Crippen LogP contribution in [0.15, 0.2) is 65.1 Å². The van der Waals surface area contributed by atoms with E-state index < -0.39 is 0 Å². The van der Waals surface area contributed by atoms with Crippen LogP contribution in [0.2, 0.25) is 5.02 Å². The molecule has 1 heterocycles. The molecule has 0 fully saturated rings. The zero-order valence-corrected chi connectivity index (χ0v) is 20.6. The van der Waals surface area contributed by atoms with E-state index in [0.29, 0.717) is 39.8 Å². The van der Waals surface area contributed by atoms with E-state index in [1.807, 2.05) is 48.5 Å². The van der Waals surface area contributed by atoms with E-state index in [9.17, 15) is 4.79 Å². The second-order valence-corrected chi connectivity index (χ2v) is 9.22. The normalized spacial score (nSPS) is 12.2. The van der Waals surface area contributed by atoms with Gasteiger partial charge < -0.3 is 14.5 Å². The van der Waals surface area contributed by atoms with E-state index in [-0.39, 0.29) is 12.5 Å². The van der Waals surface area contributed by atoms with Gasteiger partial charge in [0.25, 0.3) is 5.91 Å². The average Bonchev–Trinajstić information content (AvgIpc) is 3.27. The fourth-order valence-electron chi connectivity index (χ4n) is 3.64. The molecule has 0 aliphatic heterocycles.